The molecular formula is C20H30N2O4. The number of amides is 2. The number of alkyl carbamates (subject to hydrolysis) is 1. The molecular weight excluding hydrogens is 332 g/mol. The van der Waals surface area contributed by atoms with Crippen LogP contribution in [0.5, 0.6) is 5.75 Å². The third-order valence-electron chi connectivity index (χ3n) is 4.31. The fourth-order valence-electron chi connectivity index (χ4n) is 3.13. The Balaban J connectivity index is 2.06. The van der Waals surface area contributed by atoms with E-state index in [1.165, 1.54) is 6.42 Å². The molecule has 0 saturated heterocycles. The molecule has 0 bridgehead atoms. The first kappa shape index (κ1) is 20.1. The van der Waals surface area contributed by atoms with Crippen molar-refractivity contribution in [3.63, 3.8) is 0 Å². The van der Waals surface area contributed by atoms with E-state index in [9.17, 15) is 14.7 Å². The number of carbonyl (C=O) groups is 2. The maximum Gasteiger partial charge on any atom is 0.408 e. The second-order valence-electron chi connectivity index (χ2n) is 7.92. The van der Waals surface area contributed by atoms with Gasteiger partial charge in [-0.2, -0.15) is 0 Å². The second kappa shape index (κ2) is 8.92. The molecule has 1 aliphatic rings. The molecule has 1 saturated carbocycles. The van der Waals surface area contributed by atoms with E-state index in [-0.39, 0.29) is 24.1 Å². The molecule has 0 radical (unpaired) electrons. The molecule has 0 aromatic heterocycles. The highest BCUT2D eigenvalue weighted by atomic mass is 16.6. The van der Waals surface area contributed by atoms with Crippen molar-refractivity contribution < 1.29 is 19.4 Å². The SMILES string of the molecule is CC(C)(C)OC(=O)NC(Cc1cccc(O)c1)C(=O)NC1CCCCC1. The summed E-state index contributed by atoms with van der Waals surface area (Å²) in [5.74, 6) is -0.0858. The van der Waals surface area contributed by atoms with Crippen LogP contribution < -0.4 is 10.6 Å². The highest BCUT2D eigenvalue weighted by Crippen LogP contribution is 2.18. The molecule has 3 N–H and O–H groups in total. The van der Waals surface area contributed by atoms with E-state index in [1.54, 1.807) is 39.0 Å². The molecule has 6 nitrogen and oxygen atoms in total. The van der Waals surface area contributed by atoms with Crippen LogP contribution in [0.4, 0.5) is 4.79 Å². The minimum Gasteiger partial charge on any atom is -0.508 e. The number of phenolic OH excluding ortho intramolecular Hbond substituents is 1. The summed E-state index contributed by atoms with van der Waals surface area (Å²) in [7, 11) is 0. The lowest BCUT2D eigenvalue weighted by Gasteiger charge is -2.27. The molecule has 2 rings (SSSR count). The van der Waals surface area contributed by atoms with E-state index < -0.39 is 17.7 Å². The van der Waals surface area contributed by atoms with Gasteiger partial charge in [0.2, 0.25) is 5.91 Å². The zero-order valence-electron chi connectivity index (χ0n) is 15.9. The molecule has 6 heteroatoms. The summed E-state index contributed by atoms with van der Waals surface area (Å²) in [4.78, 5) is 24.9. The number of rotatable bonds is 5. The first-order valence-corrected chi connectivity index (χ1v) is 9.31. The van der Waals surface area contributed by atoms with Gasteiger partial charge >= 0.3 is 6.09 Å². The van der Waals surface area contributed by atoms with Gasteiger partial charge in [-0.1, -0.05) is 31.4 Å². The Morgan fingerprint density at radius 1 is 1.23 bits per heavy atom. The highest BCUT2D eigenvalue weighted by Gasteiger charge is 2.27. The third kappa shape index (κ3) is 6.94. The van der Waals surface area contributed by atoms with E-state index in [1.807, 2.05) is 6.07 Å². The summed E-state index contributed by atoms with van der Waals surface area (Å²) >= 11 is 0. The molecule has 1 unspecified atom stereocenters. The number of carbonyl (C=O) groups excluding carboxylic acids is 2. The molecule has 1 aromatic carbocycles. The van der Waals surface area contributed by atoms with Gasteiger partial charge in [0.1, 0.15) is 17.4 Å². The summed E-state index contributed by atoms with van der Waals surface area (Å²) in [5, 5.41) is 15.4. The molecule has 144 valence electrons. The van der Waals surface area contributed by atoms with Gasteiger partial charge in [0, 0.05) is 12.5 Å². The second-order valence-corrected chi connectivity index (χ2v) is 7.92. The lowest BCUT2D eigenvalue weighted by Crippen LogP contribution is -2.51. The lowest BCUT2D eigenvalue weighted by molar-refractivity contribution is -0.124. The maximum atomic E-state index is 12.8. The van der Waals surface area contributed by atoms with Crippen LogP contribution in [0.2, 0.25) is 0 Å². The van der Waals surface area contributed by atoms with E-state index in [0.717, 1.165) is 31.2 Å². The zero-order chi connectivity index (χ0) is 19.2. The Hall–Kier alpha value is -2.24. The van der Waals surface area contributed by atoms with Crippen molar-refractivity contribution in [3.05, 3.63) is 29.8 Å². The van der Waals surface area contributed by atoms with E-state index in [2.05, 4.69) is 10.6 Å². The lowest BCUT2D eigenvalue weighted by atomic mass is 9.95. The van der Waals surface area contributed by atoms with Crippen molar-refractivity contribution >= 4 is 12.0 Å². The minimum atomic E-state index is -0.756. The molecule has 0 spiro atoms. The Morgan fingerprint density at radius 2 is 1.92 bits per heavy atom. The molecule has 0 aliphatic heterocycles. The van der Waals surface area contributed by atoms with Crippen LogP contribution in [0.3, 0.4) is 0 Å². The Kier molecular flexibility index (Phi) is 6.89. The number of aromatic hydroxyl groups is 1. The summed E-state index contributed by atoms with van der Waals surface area (Å²) in [6.07, 6.45) is 5.03. The van der Waals surface area contributed by atoms with Crippen molar-refractivity contribution in [2.75, 3.05) is 0 Å². The van der Waals surface area contributed by atoms with Crippen molar-refractivity contribution in [2.24, 2.45) is 0 Å². The first-order valence-electron chi connectivity index (χ1n) is 9.31. The summed E-state index contributed by atoms with van der Waals surface area (Å²) < 4.78 is 5.29. The fourth-order valence-corrected chi connectivity index (χ4v) is 3.13. The Morgan fingerprint density at radius 3 is 2.54 bits per heavy atom. The molecule has 1 aromatic rings. The molecule has 26 heavy (non-hydrogen) atoms. The van der Waals surface area contributed by atoms with Crippen molar-refractivity contribution in [1.82, 2.24) is 10.6 Å². The number of hydrogen-bond donors (Lipinski definition) is 3. The van der Waals surface area contributed by atoms with Gasteiger partial charge in [-0.3, -0.25) is 4.79 Å². The maximum absolute atomic E-state index is 12.8. The van der Waals surface area contributed by atoms with Gasteiger partial charge in [-0.05, 0) is 51.3 Å². The number of hydrogen-bond acceptors (Lipinski definition) is 4. The average molecular weight is 362 g/mol. The molecule has 0 heterocycles. The zero-order valence-corrected chi connectivity index (χ0v) is 15.9. The van der Waals surface area contributed by atoms with E-state index in [4.69, 9.17) is 4.74 Å². The standard InChI is InChI=1S/C20H30N2O4/c1-20(2,3)26-19(25)22-17(13-14-8-7-11-16(23)12-14)18(24)21-15-9-5-4-6-10-15/h7-8,11-12,15,17,23H,4-6,9-10,13H2,1-3H3,(H,21,24)(H,22,25). The van der Waals surface area contributed by atoms with Gasteiger partial charge in [0.05, 0.1) is 0 Å². The normalized spacial score (nSPS) is 16.6. The monoisotopic (exact) mass is 362 g/mol. The van der Waals surface area contributed by atoms with Gasteiger partial charge < -0.3 is 20.5 Å². The van der Waals surface area contributed by atoms with Crippen LogP contribution in [0.15, 0.2) is 24.3 Å². The molecule has 2 amide bonds. The predicted molar refractivity (Wildman–Crippen MR) is 100.0 cm³/mol. The summed E-state index contributed by atoms with van der Waals surface area (Å²) in [6.45, 7) is 5.33. The molecule has 1 fully saturated rings. The Labute approximate surface area is 155 Å². The predicted octanol–water partition coefficient (Wildman–Crippen LogP) is 3.28. The summed E-state index contributed by atoms with van der Waals surface area (Å²) in [5.41, 5.74) is 0.129. The van der Waals surface area contributed by atoms with Crippen LogP contribution in [0.25, 0.3) is 0 Å². The van der Waals surface area contributed by atoms with Crippen molar-refractivity contribution in [2.45, 2.75) is 77.0 Å². The van der Waals surface area contributed by atoms with Crippen LogP contribution in [0.1, 0.15) is 58.4 Å². The van der Waals surface area contributed by atoms with Crippen LogP contribution in [0, 0.1) is 0 Å². The van der Waals surface area contributed by atoms with Crippen LogP contribution in [-0.4, -0.2) is 34.8 Å². The number of nitrogens with one attached hydrogen (secondary N) is 2. The van der Waals surface area contributed by atoms with E-state index >= 15 is 0 Å². The largest absolute Gasteiger partial charge is 0.508 e. The highest BCUT2D eigenvalue weighted by molar-refractivity contribution is 5.86. The van der Waals surface area contributed by atoms with Gasteiger partial charge in [-0.15, -0.1) is 0 Å². The summed E-state index contributed by atoms with van der Waals surface area (Å²) in [6, 6.07) is 6.10. The number of benzene rings is 1. The van der Waals surface area contributed by atoms with Crippen molar-refractivity contribution in [1.29, 1.82) is 0 Å². The number of ether oxygens (including phenoxy) is 1. The molecule has 1 aliphatic carbocycles. The Bertz CT molecular complexity index is 618. The number of phenols is 1. The first-order chi connectivity index (χ1) is 12.2. The van der Waals surface area contributed by atoms with Crippen LogP contribution >= 0.6 is 0 Å². The molecule has 1 atom stereocenters. The van der Waals surface area contributed by atoms with Gasteiger partial charge in [0.25, 0.3) is 0 Å². The quantitative estimate of drug-likeness (QED) is 0.750. The third-order valence-corrected chi connectivity index (χ3v) is 4.31. The van der Waals surface area contributed by atoms with Crippen LogP contribution in [-0.2, 0) is 16.0 Å². The fraction of sp³-hybridized carbons (Fsp3) is 0.600. The van der Waals surface area contributed by atoms with Crippen molar-refractivity contribution in [3.8, 4) is 5.75 Å². The average Bonchev–Trinajstić information content (AvgIpc) is 2.53. The topological polar surface area (TPSA) is 87.7 Å². The van der Waals surface area contributed by atoms with E-state index in [0.29, 0.717) is 0 Å². The van der Waals surface area contributed by atoms with Gasteiger partial charge in [-0.25, -0.2) is 4.79 Å². The minimum absolute atomic E-state index is 0.131. The van der Waals surface area contributed by atoms with Gasteiger partial charge in [0.15, 0.2) is 0 Å². The smallest absolute Gasteiger partial charge is 0.408 e.